The third-order valence-corrected chi connectivity index (χ3v) is 2.73. The summed E-state index contributed by atoms with van der Waals surface area (Å²) >= 11 is 1.59. The Labute approximate surface area is 88.8 Å². The molecule has 0 bridgehead atoms. The number of aliphatic hydroxyl groups excluding tert-OH is 1. The maximum atomic E-state index is 9.63. The first-order valence-corrected chi connectivity index (χ1v) is 5.85. The SMILES string of the molecule is CCOCCCC(O)Cc1nccs1. The van der Waals surface area contributed by atoms with Gasteiger partial charge >= 0.3 is 0 Å². The second kappa shape index (κ2) is 6.92. The third-order valence-electron chi connectivity index (χ3n) is 1.92. The van der Waals surface area contributed by atoms with Crippen molar-refractivity contribution < 1.29 is 9.84 Å². The number of rotatable bonds is 7. The number of aromatic nitrogens is 1. The summed E-state index contributed by atoms with van der Waals surface area (Å²) in [5, 5.41) is 12.6. The van der Waals surface area contributed by atoms with E-state index in [1.54, 1.807) is 17.5 Å². The van der Waals surface area contributed by atoms with Crippen LogP contribution in [0.5, 0.6) is 0 Å². The molecule has 0 aliphatic heterocycles. The lowest BCUT2D eigenvalue weighted by atomic mass is 10.1. The minimum absolute atomic E-state index is 0.276. The summed E-state index contributed by atoms with van der Waals surface area (Å²) in [6.07, 6.45) is 3.87. The van der Waals surface area contributed by atoms with Crippen molar-refractivity contribution in [3.8, 4) is 0 Å². The Kier molecular flexibility index (Phi) is 5.75. The van der Waals surface area contributed by atoms with Gasteiger partial charge in [-0.1, -0.05) is 0 Å². The van der Waals surface area contributed by atoms with E-state index < -0.39 is 0 Å². The maximum Gasteiger partial charge on any atom is 0.0950 e. The Morgan fingerprint density at radius 2 is 2.50 bits per heavy atom. The Morgan fingerprint density at radius 1 is 1.64 bits per heavy atom. The molecule has 0 amide bonds. The number of nitrogens with zero attached hydrogens (tertiary/aromatic N) is 1. The summed E-state index contributed by atoms with van der Waals surface area (Å²) < 4.78 is 5.19. The van der Waals surface area contributed by atoms with Crippen LogP contribution < -0.4 is 0 Å². The van der Waals surface area contributed by atoms with E-state index in [-0.39, 0.29) is 6.10 Å². The summed E-state index contributed by atoms with van der Waals surface area (Å²) in [5.74, 6) is 0. The van der Waals surface area contributed by atoms with E-state index in [0.717, 1.165) is 31.1 Å². The van der Waals surface area contributed by atoms with Gasteiger partial charge in [0.05, 0.1) is 11.1 Å². The van der Waals surface area contributed by atoms with Crippen molar-refractivity contribution >= 4 is 11.3 Å². The molecule has 14 heavy (non-hydrogen) atoms. The topological polar surface area (TPSA) is 42.4 Å². The van der Waals surface area contributed by atoms with Gasteiger partial charge in [0.1, 0.15) is 0 Å². The highest BCUT2D eigenvalue weighted by molar-refractivity contribution is 7.09. The molecule has 4 heteroatoms. The van der Waals surface area contributed by atoms with Crippen LogP contribution in [0, 0.1) is 0 Å². The zero-order valence-electron chi connectivity index (χ0n) is 8.48. The van der Waals surface area contributed by atoms with Gasteiger partial charge in [0.15, 0.2) is 0 Å². The Balaban J connectivity index is 2.07. The molecule has 0 aliphatic carbocycles. The molecule has 0 saturated heterocycles. The first-order chi connectivity index (χ1) is 6.83. The molecule has 0 fully saturated rings. The lowest BCUT2D eigenvalue weighted by molar-refractivity contribution is 0.114. The Bertz CT molecular complexity index is 226. The highest BCUT2D eigenvalue weighted by atomic mass is 32.1. The van der Waals surface area contributed by atoms with Crippen LogP contribution in [0.4, 0.5) is 0 Å². The van der Waals surface area contributed by atoms with Crippen molar-refractivity contribution in [1.82, 2.24) is 4.98 Å². The van der Waals surface area contributed by atoms with Crippen LogP contribution >= 0.6 is 11.3 Å². The van der Waals surface area contributed by atoms with Crippen LogP contribution in [0.1, 0.15) is 24.8 Å². The number of thiazole rings is 1. The molecule has 0 aliphatic rings. The summed E-state index contributed by atoms with van der Waals surface area (Å²) in [6.45, 7) is 3.47. The van der Waals surface area contributed by atoms with Gasteiger partial charge in [-0.25, -0.2) is 4.98 Å². The van der Waals surface area contributed by atoms with Gasteiger partial charge in [-0.15, -0.1) is 11.3 Å². The second-order valence-corrected chi connectivity index (χ2v) is 4.10. The average Bonchev–Trinajstić information content (AvgIpc) is 2.65. The Hall–Kier alpha value is -0.450. The minimum atomic E-state index is -0.276. The molecular formula is C10H17NO2S. The minimum Gasteiger partial charge on any atom is -0.393 e. The largest absolute Gasteiger partial charge is 0.393 e. The third kappa shape index (κ3) is 4.69. The first kappa shape index (κ1) is 11.6. The molecule has 80 valence electrons. The van der Waals surface area contributed by atoms with E-state index in [4.69, 9.17) is 4.74 Å². The standard InChI is InChI=1S/C10H17NO2S/c1-2-13-6-3-4-9(12)8-10-11-5-7-14-10/h5,7,9,12H,2-4,6,8H2,1H3. The highest BCUT2D eigenvalue weighted by Crippen LogP contribution is 2.10. The van der Waals surface area contributed by atoms with Gasteiger partial charge < -0.3 is 9.84 Å². The number of ether oxygens (including phenoxy) is 1. The summed E-state index contributed by atoms with van der Waals surface area (Å²) in [4.78, 5) is 4.13. The van der Waals surface area contributed by atoms with Gasteiger partial charge in [-0.2, -0.15) is 0 Å². The summed E-state index contributed by atoms with van der Waals surface area (Å²) in [6, 6.07) is 0. The summed E-state index contributed by atoms with van der Waals surface area (Å²) in [5.41, 5.74) is 0. The molecular weight excluding hydrogens is 198 g/mol. The van der Waals surface area contributed by atoms with E-state index in [1.807, 2.05) is 12.3 Å². The van der Waals surface area contributed by atoms with Crippen LogP contribution in [-0.4, -0.2) is 29.4 Å². The van der Waals surface area contributed by atoms with Gasteiger partial charge in [-0.3, -0.25) is 0 Å². The molecule has 1 aromatic heterocycles. The zero-order chi connectivity index (χ0) is 10.2. The lowest BCUT2D eigenvalue weighted by Gasteiger charge is -2.08. The quantitative estimate of drug-likeness (QED) is 0.706. The van der Waals surface area contributed by atoms with Crippen molar-refractivity contribution in [2.24, 2.45) is 0 Å². The van der Waals surface area contributed by atoms with Crippen molar-refractivity contribution in [2.45, 2.75) is 32.3 Å². The number of hydrogen-bond donors (Lipinski definition) is 1. The number of aliphatic hydroxyl groups is 1. The molecule has 1 unspecified atom stereocenters. The van der Waals surface area contributed by atoms with Crippen LogP contribution in [0.2, 0.25) is 0 Å². The molecule has 1 N–H and O–H groups in total. The predicted molar refractivity (Wildman–Crippen MR) is 57.6 cm³/mol. The molecule has 0 aromatic carbocycles. The lowest BCUT2D eigenvalue weighted by Crippen LogP contribution is -2.11. The van der Waals surface area contributed by atoms with E-state index in [0.29, 0.717) is 6.42 Å². The number of hydrogen-bond acceptors (Lipinski definition) is 4. The van der Waals surface area contributed by atoms with Gasteiger partial charge in [0, 0.05) is 31.2 Å². The molecule has 1 heterocycles. The van der Waals surface area contributed by atoms with Crippen molar-refractivity contribution in [2.75, 3.05) is 13.2 Å². The fourth-order valence-corrected chi connectivity index (χ4v) is 1.91. The fraction of sp³-hybridized carbons (Fsp3) is 0.700. The van der Waals surface area contributed by atoms with Crippen molar-refractivity contribution in [1.29, 1.82) is 0 Å². The van der Waals surface area contributed by atoms with Gasteiger partial charge in [-0.05, 0) is 19.8 Å². The predicted octanol–water partition coefficient (Wildman–Crippen LogP) is 1.86. The van der Waals surface area contributed by atoms with E-state index in [2.05, 4.69) is 4.98 Å². The maximum absolute atomic E-state index is 9.63. The Morgan fingerprint density at radius 3 is 3.14 bits per heavy atom. The molecule has 0 spiro atoms. The molecule has 0 radical (unpaired) electrons. The van der Waals surface area contributed by atoms with Crippen molar-refractivity contribution in [3.05, 3.63) is 16.6 Å². The molecule has 1 rings (SSSR count). The van der Waals surface area contributed by atoms with Crippen LogP contribution in [-0.2, 0) is 11.2 Å². The second-order valence-electron chi connectivity index (χ2n) is 3.12. The molecule has 3 nitrogen and oxygen atoms in total. The highest BCUT2D eigenvalue weighted by Gasteiger charge is 2.06. The van der Waals surface area contributed by atoms with E-state index in [9.17, 15) is 5.11 Å². The van der Waals surface area contributed by atoms with Gasteiger partial charge in [0.25, 0.3) is 0 Å². The van der Waals surface area contributed by atoms with Crippen LogP contribution in [0.15, 0.2) is 11.6 Å². The first-order valence-electron chi connectivity index (χ1n) is 4.97. The normalized spacial score (nSPS) is 13.0. The monoisotopic (exact) mass is 215 g/mol. The van der Waals surface area contributed by atoms with Crippen LogP contribution in [0.3, 0.4) is 0 Å². The van der Waals surface area contributed by atoms with E-state index in [1.165, 1.54) is 0 Å². The molecule has 1 aromatic rings. The van der Waals surface area contributed by atoms with Crippen molar-refractivity contribution in [3.63, 3.8) is 0 Å². The van der Waals surface area contributed by atoms with Crippen LogP contribution in [0.25, 0.3) is 0 Å². The zero-order valence-corrected chi connectivity index (χ0v) is 9.30. The summed E-state index contributed by atoms with van der Waals surface area (Å²) in [7, 11) is 0. The smallest absolute Gasteiger partial charge is 0.0950 e. The molecule has 1 atom stereocenters. The van der Waals surface area contributed by atoms with Gasteiger partial charge in [0.2, 0.25) is 0 Å². The average molecular weight is 215 g/mol. The fourth-order valence-electron chi connectivity index (χ4n) is 1.22. The van der Waals surface area contributed by atoms with E-state index >= 15 is 0 Å². The molecule has 0 saturated carbocycles.